The van der Waals surface area contributed by atoms with Crippen molar-refractivity contribution in [2.24, 2.45) is 0 Å². The summed E-state index contributed by atoms with van der Waals surface area (Å²) in [6.45, 7) is 0. The van der Waals surface area contributed by atoms with Crippen LogP contribution in [-0.4, -0.2) is 10.1 Å². The van der Waals surface area contributed by atoms with E-state index < -0.39 is 11.6 Å². The van der Waals surface area contributed by atoms with Gasteiger partial charge >= 0.3 is 0 Å². The van der Waals surface area contributed by atoms with Crippen LogP contribution in [0.15, 0.2) is 18.3 Å². The smallest absolute Gasteiger partial charge is 0.166 e. The molecule has 0 aliphatic carbocycles. The highest BCUT2D eigenvalue weighted by molar-refractivity contribution is 6.36. The van der Waals surface area contributed by atoms with Crippen LogP contribution in [-0.2, 0) is 0 Å². The van der Waals surface area contributed by atoms with E-state index in [1.165, 1.54) is 6.20 Å². The van der Waals surface area contributed by atoms with Gasteiger partial charge in [-0.15, -0.1) is 0 Å². The van der Waals surface area contributed by atoms with E-state index in [9.17, 15) is 4.39 Å². The highest BCUT2D eigenvalue weighted by Crippen LogP contribution is 2.29. The van der Waals surface area contributed by atoms with Crippen molar-refractivity contribution in [2.45, 2.75) is 0 Å². The Morgan fingerprint density at radius 2 is 2.20 bits per heavy atom. The first-order valence-electron chi connectivity index (χ1n) is 4.00. The second kappa shape index (κ2) is 3.37. The van der Waals surface area contributed by atoms with Crippen LogP contribution >= 0.6 is 11.6 Å². The highest BCUT2D eigenvalue weighted by Gasteiger charge is 2.10. The van der Waals surface area contributed by atoms with Gasteiger partial charge in [0.05, 0.1) is 16.1 Å². The third kappa shape index (κ3) is 1.47. The fourth-order valence-electron chi connectivity index (χ4n) is 1.25. The summed E-state index contributed by atoms with van der Waals surface area (Å²) in [5.74, 6) is -1.28. The summed E-state index contributed by atoms with van der Waals surface area (Å²) < 4.78 is 13.0. The van der Waals surface area contributed by atoms with Crippen molar-refractivity contribution in [1.82, 2.24) is 4.98 Å². The van der Waals surface area contributed by atoms with Crippen molar-refractivity contribution in [3.8, 4) is 11.8 Å². The Hall–Kier alpha value is -1.86. The van der Waals surface area contributed by atoms with E-state index >= 15 is 0 Å². The average molecular weight is 223 g/mol. The van der Waals surface area contributed by atoms with Crippen molar-refractivity contribution >= 4 is 22.5 Å². The Kier molecular flexibility index (Phi) is 2.18. The van der Waals surface area contributed by atoms with Gasteiger partial charge in [0.2, 0.25) is 0 Å². The largest absolute Gasteiger partial charge is 0.505 e. The Labute approximate surface area is 89.4 Å². The highest BCUT2D eigenvalue weighted by atomic mass is 35.5. The van der Waals surface area contributed by atoms with Crippen LogP contribution in [0.3, 0.4) is 0 Å². The molecule has 0 amide bonds. The zero-order chi connectivity index (χ0) is 11.0. The van der Waals surface area contributed by atoms with E-state index in [4.69, 9.17) is 22.0 Å². The monoisotopic (exact) mass is 222 g/mol. The Bertz CT molecular complexity index is 592. The summed E-state index contributed by atoms with van der Waals surface area (Å²) in [5.41, 5.74) is 0.490. The maximum atomic E-state index is 13.0. The molecule has 2 rings (SSSR count). The fourth-order valence-corrected chi connectivity index (χ4v) is 1.49. The topological polar surface area (TPSA) is 56.9 Å². The van der Waals surface area contributed by atoms with Gasteiger partial charge in [0, 0.05) is 17.6 Å². The molecule has 0 bridgehead atoms. The van der Waals surface area contributed by atoms with Gasteiger partial charge in [0.1, 0.15) is 6.07 Å². The van der Waals surface area contributed by atoms with E-state index in [0.29, 0.717) is 10.9 Å². The minimum Gasteiger partial charge on any atom is -0.505 e. The number of aromatic nitrogens is 1. The van der Waals surface area contributed by atoms with Crippen LogP contribution in [0.5, 0.6) is 5.75 Å². The number of hydrogen-bond acceptors (Lipinski definition) is 3. The molecule has 1 aromatic heterocycles. The predicted octanol–water partition coefficient (Wildman–Crippen LogP) is 2.60. The molecule has 5 heteroatoms. The molecule has 1 N–H and O–H groups in total. The molecule has 0 saturated carbocycles. The molecule has 74 valence electrons. The van der Waals surface area contributed by atoms with Crippen LogP contribution in [0.4, 0.5) is 4.39 Å². The molecule has 0 radical (unpaired) electrons. The molecule has 0 aliphatic rings. The SMILES string of the molecule is N#Cc1cnc2cc(F)c(O)cc2c1Cl. The van der Waals surface area contributed by atoms with E-state index in [1.807, 2.05) is 6.07 Å². The summed E-state index contributed by atoms with van der Waals surface area (Å²) in [7, 11) is 0. The number of nitrogens with zero attached hydrogens (tertiary/aromatic N) is 2. The third-order valence-corrected chi connectivity index (χ3v) is 2.40. The summed E-state index contributed by atoms with van der Waals surface area (Å²) in [6, 6.07) is 4.07. The number of hydrogen-bond donors (Lipinski definition) is 1. The van der Waals surface area contributed by atoms with Gasteiger partial charge in [-0.1, -0.05) is 11.6 Å². The van der Waals surface area contributed by atoms with Crippen molar-refractivity contribution in [3.63, 3.8) is 0 Å². The zero-order valence-corrected chi connectivity index (χ0v) is 8.09. The van der Waals surface area contributed by atoms with E-state index in [2.05, 4.69) is 4.98 Å². The maximum absolute atomic E-state index is 13.0. The lowest BCUT2D eigenvalue weighted by Gasteiger charge is -2.02. The molecule has 0 aliphatic heterocycles. The van der Waals surface area contributed by atoms with Gasteiger partial charge in [-0.2, -0.15) is 5.26 Å². The number of halogens is 2. The van der Waals surface area contributed by atoms with Crippen molar-refractivity contribution < 1.29 is 9.50 Å². The molecule has 2 aromatic rings. The standard InChI is InChI=1S/C10H4ClFN2O/c11-10-5(3-13)4-14-8-2-7(12)9(15)1-6(8)10/h1-2,4,15H. The van der Waals surface area contributed by atoms with Gasteiger partial charge in [-0.25, -0.2) is 4.39 Å². The normalized spacial score (nSPS) is 10.2. The summed E-state index contributed by atoms with van der Waals surface area (Å²) >= 11 is 5.87. The Morgan fingerprint density at radius 1 is 1.47 bits per heavy atom. The van der Waals surface area contributed by atoms with Gasteiger partial charge in [-0.05, 0) is 6.07 Å². The minimum absolute atomic E-state index is 0.165. The number of phenols is 1. The lowest BCUT2D eigenvalue weighted by molar-refractivity contribution is 0.433. The number of nitriles is 1. The molecule has 0 unspecified atom stereocenters. The number of benzene rings is 1. The molecular weight excluding hydrogens is 219 g/mol. The molecule has 3 nitrogen and oxygen atoms in total. The van der Waals surface area contributed by atoms with Crippen molar-refractivity contribution in [2.75, 3.05) is 0 Å². The Balaban J connectivity index is 2.89. The van der Waals surface area contributed by atoms with Crippen LogP contribution in [0.1, 0.15) is 5.56 Å². The molecule has 0 atom stereocenters. The van der Waals surface area contributed by atoms with E-state index in [1.54, 1.807) is 0 Å². The van der Waals surface area contributed by atoms with Crippen LogP contribution in [0, 0.1) is 17.1 Å². The lowest BCUT2D eigenvalue weighted by atomic mass is 10.1. The first kappa shape index (κ1) is 9.69. The van der Waals surface area contributed by atoms with Crippen molar-refractivity contribution in [3.05, 3.63) is 34.7 Å². The first-order valence-corrected chi connectivity index (χ1v) is 4.38. The molecule has 0 spiro atoms. The number of rotatable bonds is 0. The quantitative estimate of drug-likeness (QED) is 0.745. The zero-order valence-electron chi connectivity index (χ0n) is 7.33. The molecular formula is C10H4ClFN2O. The number of aromatic hydroxyl groups is 1. The second-order valence-corrected chi connectivity index (χ2v) is 3.30. The molecule has 0 fully saturated rings. The van der Waals surface area contributed by atoms with Crippen LogP contribution < -0.4 is 0 Å². The summed E-state index contributed by atoms with van der Waals surface area (Å²) in [4.78, 5) is 3.86. The Morgan fingerprint density at radius 3 is 2.87 bits per heavy atom. The van der Waals surface area contributed by atoms with Gasteiger partial charge in [0.25, 0.3) is 0 Å². The van der Waals surface area contributed by atoms with Crippen LogP contribution in [0.2, 0.25) is 5.02 Å². The summed E-state index contributed by atoms with van der Waals surface area (Å²) in [5, 5.41) is 18.4. The number of pyridine rings is 1. The van der Waals surface area contributed by atoms with Crippen LogP contribution in [0.25, 0.3) is 10.9 Å². The molecule has 1 heterocycles. The predicted molar refractivity (Wildman–Crippen MR) is 53.1 cm³/mol. The number of fused-ring (bicyclic) bond motifs is 1. The lowest BCUT2D eigenvalue weighted by Crippen LogP contribution is -1.87. The van der Waals surface area contributed by atoms with E-state index in [0.717, 1.165) is 12.1 Å². The molecule has 15 heavy (non-hydrogen) atoms. The van der Waals surface area contributed by atoms with Gasteiger partial charge in [0.15, 0.2) is 11.6 Å². The van der Waals surface area contributed by atoms with Gasteiger partial charge < -0.3 is 5.11 Å². The number of phenolic OH excluding ortho intramolecular Hbond substituents is 1. The maximum Gasteiger partial charge on any atom is 0.166 e. The second-order valence-electron chi connectivity index (χ2n) is 2.92. The van der Waals surface area contributed by atoms with E-state index in [-0.39, 0.29) is 10.6 Å². The first-order chi connectivity index (χ1) is 7.13. The fraction of sp³-hybridized carbons (Fsp3) is 0. The summed E-state index contributed by atoms with van der Waals surface area (Å²) in [6.07, 6.45) is 1.27. The van der Waals surface area contributed by atoms with Gasteiger partial charge in [-0.3, -0.25) is 4.98 Å². The molecule has 1 aromatic carbocycles. The average Bonchev–Trinajstić information content (AvgIpc) is 2.22. The van der Waals surface area contributed by atoms with Crippen molar-refractivity contribution in [1.29, 1.82) is 5.26 Å². The minimum atomic E-state index is -0.768. The molecule has 0 saturated heterocycles. The third-order valence-electron chi connectivity index (χ3n) is 1.99.